The predicted molar refractivity (Wildman–Crippen MR) is 112 cm³/mol. The molecule has 0 saturated carbocycles. The summed E-state index contributed by atoms with van der Waals surface area (Å²) in [6.45, 7) is 11.7. The summed E-state index contributed by atoms with van der Waals surface area (Å²) in [5.41, 5.74) is 6.00. The van der Waals surface area contributed by atoms with Gasteiger partial charge in [0.15, 0.2) is 0 Å². The van der Waals surface area contributed by atoms with E-state index in [0.29, 0.717) is 5.56 Å². The predicted octanol–water partition coefficient (Wildman–Crippen LogP) is 6.15. The number of rotatable bonds is 2. The molecule has 2 aromatic carbocycles. The van der Waals surface area contributed by atoms with Crippen molar-refractivity contribution in [3.8, 4) is 0 Å². The van der Waals surface area contributed by atoms with Crippen molar-refractivity contribution in [3.63, 3.8) is 0 Å². The molecule has 0 spiro atoms. The summed E-state index contributed by atoms with van der Waals surface area (Å²) in [5, 5.41) is 9.43. The summed E-state index contributed by atoms with van der Waals surface area (Å²) in [6.07, 6.45) is 2.41. The number of carbonyl (C=O) groups is 1. The first-order valence-corrected chi connectivity index (χ1v) is 10.7. The van der Waals surface area contributed by atoms with Crippen molar-refractivity contribution >= 4 is 17.7 Å². The lowest BCUT2D eigenvalue weighted by molar-refractivity contribution is 0.0696. The van der Waals surface area contributed by atoms with Crippen LogP contribution in [0.4, 0.5) is 0 Å². The van der Waals surface area contributed by atoms with Gasteiger partial charge in [0.1, 0.15) is 0 Å². The van der Waals surface area contributed by atoms with Gasteiger partial charge >= 0.3 is 5.97 Å². The first-order valence-electron chi connectivity index (χ1n) is 9.71. The topological polar surface area (TPSA) is 37.3 Å². The van der Waals surface area contributed by atoms with Crippen LogP contribution in [0.5, 0.6) is 0 Å². The SMILES string of the molecule is CC1(C)CCC(C)(C)c2cc(C3(C)CSc4ccc(C(=O)O)cc43)ccc21. The van der Waals surface area contributed by atoms with Gasteiger partial charge in [0.25, 0.3) is 0 Å². The van der Waals surface area contributed by atoms with Crippen LogP contribution in [-0.2, 0) is 16.2 Å². The first kappa shape index (κ1) is 18.6. The summed E-state index contributed by atoms with van der Waals surface area (Å²) in [5.74, 6) is 0.0963. The minimum absolute atomic E-state index is 0.155. The van der Waals surface area contributed by atoms with Crippen molar-refractivity contribution in [1.29, 1.82) is 0 Å². The Morgan fingerprint density at radius 3 is 2.22 bits per heavy atom. The van der Waals surface area contributed by atoms with Crippen LogP contribution in [0.3, 0.4) is 0 Å². The summed E-state index contributed by atoms with van der Waals surface area (Å²) in [4.78, 5) is 12.7. The largest absolute Gasteiger partial charge is 0.478 e. The van der Waals surface area contributed by atoms with E-state index in [1.54, 1.807) is 6.07 Å². The van der Waals surface area contributed by atoms with Crippen molar-refractivity contribution in [2.24, 2.45) is 0 Å². The van der Waals surface area contributed by atoms with E-state index in [9.17, 15) is 9.90 Å². The Kier molecular flexibility index (Phi) is 4.05. The molecule has 0 amide bonds. The lowest BCUT2D eigenvalue weighted by Crippen LogP contribution is -2.35. The highest BCUT2D eigenvalue weighted by molar-refractivity contribution is 7.99. The van der Waals surface area contributed by atoms with E-state index in [-0.39, 0.29) is 16.2 Å². The molecule has 1 aliphatic carbocycles. The lowest BCUT2D eigenvalue weighted by Gasteiger charge is -2.42. The third-order valence-corrected chi connectivity index (χ3v) is 8.22. The van der Waals surface area contributed by atoms with Crippen molar-refractivity contribution in [3.05, 3.63) is 64.2 Å². The Balaban J connectivity index is 1.87. The summed E-state index contributed by atoms with van der Waals surface area (Å²) >= 11 is 1.83. The lowest BCUT2D eigenvalue weighted by atomic mass is 9.62. The molecule has 2 aromatic rings. The Hall–Kier alpha value is -1.74. The quantitative estimate of drug-likeness (QED) is 0.679. The molecule has 2 aliphatic rings. The Labute approximate surface area is 166 Å². The van der Waals surface area contributed by atoms with Crippen LogP contribution in [0, 0.1) is 0 Å². The fourth-order valence-electron chi connectivity index (χ4n) is 4.69. The van der Waals surface area contributed by atoms with Crippen molar-refractivity contribution in [1.82, 2.24) is 0 Å². The number of hydrogen-bond acceptors (Lipinski definition) is 2. The number of carboxylic acids is 1. The number of fused-ring (bicyclic) bond motifs is 2. The molecule has 4 rings (SSSR count). The van der Waals surface area contributed by atoms with Crippen molar-refractivity contribution in [2.75, 3.05) is 5.75 Å². The maximum absolute atomic E-state index is 11.5. The highest BCUT2D eigenvalue weighted by Gasteiger charge is 2.41. The highest BCUT2D eigenvalue weighted by atomic mass is 32.2. The van der Waals surface area contributed by atoms with E-state index in [1.807, 2.05) is 23.9 Å². The zero-order valence-electron chi connectivity index (χ0n) is 16.8. The fourth-order valence-corrected chi connectivity index (χ4v) is 6.06. The monoisotopic (exact) mass is 380 g/mol. The summed E-state index contributed by atoms with van der Waals surface area (Å²) in [7, 11) is 0. The van der Waals surface area contributed by atoms with E-state index < -0.39 is 5.97 Å². The minimum atomic E-state index is -0.856. The molecule has 0 radical (unpaired) electrons. The molecule has 1 unspecified atom stereocenters. The van der Waals surface area contributed by atoms with Gasteiger partial charge in [-0.05, 0) is 64.1 Å². The molecule has 0 saturated heterocycles. The third-order valence-electron chi connectivity index (χ3n) is 6.83. The molecular formula is C24H28O2S. The van der Waals surface area contributed by atoms with Gasteiger partial charge < -0.3 is 5.11 Å². The zero-order chi connectivity index (χ0) is 19.6. The molecule has 0 aromatic heterocycles. The molecule has 0 fully saturated rings. The van der Waals surface area contributed by atoms with Gasteiger partial charge in [-0.2, -0.15) is 0 Å². The van der Waals surface area contributed by atoms with Gasteiger partial charge in [-0.3, -0.25) is 0 Å². The zero-order valence-corrected chi connectivity index (χ0v) is 17.7. The Bertz CT molecular complexity index is 941. The molecule has 2 nitrogen and oxygen atoms in total. The van der Waals surface area contributed by atoms with Gasteiger partial charge in [-0.1, -0.05) is 52.8 Å². The maximum atomic E-state index is 11.5. The molecule has 27 heavy (non-hydrogen) atoms. The van der Waals surface area contributed by atoms with Crippen LogP contribution < -0.4 is 0 Å². The van der Waals surface area contributed by atoms with Gasteiger partial charge in [-0.25, -0.2) is 4.79 Å². The number of benzene rings is 2. The van der Waals surface area contributed by atoms with E-state index in [4.69, 9.17) is 0 Å². The van der Waals surface area contributed by atoms with Crippen LogP contribution in [0.25, 0.3) is 0 Å². The second kappa shape index (κ2) is 5.88. The number of carboxylic acid groups (broad SMARTS) is 1. The average molecular weight is 381 g/mol. The van der Waals surface area contributed by atoms with E-state index in [2.05, 4.69) is 52.8 Å². The smallest absolute Gasteiger partial charge is 0.335 e. The normalized spacial score (nSPS) is 24.9. The Morgan fingerprint density at radius 2 is 1.56 bits per heavy atom. The number of aromatic carboxylic acids is 1. The van der Waals surface area contributed by atoms with E-state index in [0.717, 1.165) is 11.3 Å². The van der Waals surface area contributed by atoms with Crippen molar-refractivity contribution < 1.29 is 9.90 Å². The molecule has 0 bridgehead atoms. The van der Waals surface area contributed by atoms with Gasteiger partial charge in [0.2, 0.25) is 0 Å². The first-order chi connectivity index (χ1) is 12.5. The number of thioether (sulfide) groups is 1. The average Bonchev–Trinajstić information content (AvgIpc) is 2.96. The molecule has 1 atom stereocenters. The van der Waals surface area contributed by atoms with Gasteiger partial charge in [-0.15, -0.1) is 11.8 Å². The second-order valence-corrected chi connectivity index (χ2v) is 10.7. The van der Waals surface area contributed by atoms with Crippen LogP contribution in [0.1, 0.15) is 80.1 Å². The van der Waals surface area contributed by atoms with Crippen LogP contribution in [-0.4, -0.2) is 16.8 Å². The van der Waals surface area contributed by atoms with Crippen LogP contribution in [0.2, 0.25) is 0 Å². The minimum Gasteiger partial charge on any atom is -0.478 e. The van der Waals surface area contributed by atoms with E-state index >= 15 is 0 Å². The second-order valence-electron chi connectivity index (χ2n) is 9.67. The fraction of sp³-hybridized carbons (Fsp3) is 0.458. The van der Waals surface area contributed by atoms with Crippen LogP contribution >= 0.6 is 11.8 Å². The highest BCUT2D eigenvalue weighted by Crippen LogP contribution is 2.51. The summed E-state index contributed by atoms with van der Waals surface area (Å²) in [6, 6.07) is 12.6. The third kappa shape index (κ3) is 2.82. The van der Waals surface area contributed by atoms with Gasteiger partial charge in [0.05, 0.1) is 5.56 Å². The van der Waals surface area contributed by atoms with Crippen molar-refractivity contribution in [2.45, 2.75) is 68.6 Å². The standard InChI is InChI=1S/C24H28O2S/c1-22(2)10-11-23(3,4)18-13-16(7-8-17(18)22)24(5)14-27-20-9-6-15(21(25)26)12-19(20)24/h6-9,12-13H,10-11,14H2,1-5H3,(H,25,26). The van der Waals surface area contributed by atoms with Crippen LogP contribution in [0.15, 0.2) is 41.3 Å². The molecule has 142 valence electrons. The maximum Gasteiger partial charge on any atom is 0.335 e. The number of hydrogen-bond donors (Lipinski definition) is 1. The molecule has 3 heteroatoms. The summed E-state index contributed by atoms with van der Waals surface area (Å²) < 4.78 is 0. The van der Waals surface area contributed by atoms with Gasteiger partial charge in [0, 0.05) is 16.1 Å². The molecule has 1 N–H and O–H groups in total. The van der Waals surface area contributed by atoms with E-state index in [1.165, 1.54) is 34.4 Å². The molecular weight excluding hydrogens is 352 g/mol. The Morgan fingerprint density at radius 1 is 0.889 bits per heavy atom. The molecule has 1 aliphatic heterocycles. The molecule has 1 heterocycles.